The number of nitrogens with one attached hydrogen (secondary N) is 2. The number of fused-ring (bicyclic) bond motifs is 1. The summed E-state index contributed by atoms with van der Waals surface area (Å²) in [6.45, 7) is 2.10. The van der Waals surface area contributed by atoms with Crippen LogP contribution in [0.5, 0.6) is 0 Å². The number of benzene rings is 1. The molecule has 1 aliphatic heterocycles. The number of aromatic nitrogens is 1. The summed E-state index contributed by atoms with van der Waals surface area (Å²) in [7, 11) is 0. The van der Waals surface area contributed by atoms with Crippen LogP contribution < -0.4 is 10.6 Å². The lowest BCUT2D eigenvalue weighted by Crippen LogP contribution is -2.22. The molecule has 17 heavy (non-hydrogen) atoms. The molecule has 0 spiro atoms. The summed E-state index contributed by atoms with van der Waals surface area (Å²) in [5.74, 6) is 0.976. The van der Waals surface area contributed by atoms with Crippen LogP contribution in [0.15, 0.2) is 34.9 Å². The maximum atomic E-state index is 4.46. The van der Waals surface area contributed by atoms with E-state index in [9.17, 15) is 0 Å². The van der Waals surface area contributed by atoms with Gasteiger partial charge in [0.15, 0.2) is 0 Å². The van der Waals surface area contributed by atoms with Crippen molar-refractivity contribution in [2.24, 2.45) is 0 Å². The third-order valence-electron chi connectivity index (χ3n) is 3.14. The van der Waals surface area contributed by atoms with E-state index in [2.05, 4.69) is 43.7 Å². The first-order chi connectivity index (χ1) is 8.34. The zero-order chi connectivity index (χ0) is 11.7. The van der Waals surface area contributed by atoms with Gasteiger partial charge in [0.2, 0.25) is 0 Å². The number of halogens is 1. The summed E-state index contributed by atoms with van der Waals surface area (Å²) >= 11 is 3.60. The van der Waals surface area contributed by atoms with Crippen LogP contribution >= 0.6 is 15.9 Å². The quantitative estimate of drug-likeness (QED) is 0.893. The number of nitrogens with zero attached hydrogens (tertiary/aromatic N) is 1. The standard InChI is InChI=1S/C13H14BrN3/c14-11-3-1-2-9-4-7-16-13(12(9)11)17-10-5-6-15-8-10/h1-4,7,10,15H,5-6,8H2,(H,16,17). The highest BCUT2D eigenvalue weighted by Crippen LogP contribution is 2.29. The molecule has 4 heteroatoms. The van der Waals surface area contributed by atoms with Gasteiger partial charge >= 0.3 is 0 Å². The monoisotopic (exact) mass is 291 g/mol. The van der Waals surface area contributed by atoms with Crippen molar-refractivity contribution >= 4 is 32.5 Å². The predicted octanol–water partition coefficient (Wildman–Crippen LogP) is 2.77. The Bertz CT molecular complexity index is 530. The molecule has 2 aromatic rings. The van der Waals surface area contributed by atoms with Crippen LogP contribution in [0.2, 0.25) is 0 Å². The van der Waals surface area contributed by atoms with Gasteiger partial charge in [-0.15, -0.1) is 0 Å². The first-order valence-electron chi connectivity index (χ1n) is 5.85. The van der Waals surface area contributed by atoms with Crippen LogP contribution in [0.4, 0.5) is 5.82 Å². The zero-order valence-corrected chi connectivity index (χ0v) is 11.0. The molecule has 1 aromatic heterocycles. The number of hydrogen-bond donors (Lipinski definition) is 2. The summed E-state index contributed by atoms with van der Waals surface area (Å²) in [5, 5.41) is 9.25. The second-order valence-corrected chi connectivity index (χ2v) is 5.19. The fourth-order valence-corrected chi connectivity index (χ4v) is 2.84. The molecule has 0 amide bonds. The van der Waals surface area contributed by atoms with Gasteiger partial charge < -0.3 is 10.6 Å². The van der Waals surface area contributed by atoms with Crippen molar-refractivity contribution in [2.45, 2.75) is 12.5 Å². The highest BCUT2D eigenvalue weighted by molar-refractivity contribution is 9.10. The largest absolute Gasteiger partial charge is 0.365 e. The Hall–Kier alpha value is -1.13. The van der Waals surface area contributed by atoms with Crippen molar-refractivity contribution in [3.63, 3.8) is 0 Å². The molecule has 1 unspecified atom stereocenters. The van der Waals surface area contributed by atoms with Crippen molar-refractivity contribution in [1.82, 2.24) is 10.3 Å². The first-order valence-corrected chi connectivity index (χ1v) is 6.64. The highest BCUT2D eigenvalue weighted by Gasteiger charge is 2.16. The minimum atomic E-state index is 0.486. The Balaban J connectivity index is 2.03. The number of rotatable bonds is 2. The second-order valence-electron chi connectivity index (χ2n) is 4.33. The van der Waals surface area contributed by atoms with Crippen LogP contribution in [-0.2, 0) is 0 Å². The number of hydrogen-bond acceptors (Lipinski definition) is 3. The Kier molecular flexibility index (Phi) is 2.99. The molecule has 1 saturated heterocycles. The zero-order valence-electron chi connectivity index (χ0n) is 9.41. The molecule has 1 aliphatic rings. The van der Waals surface area contributed by atoms with E-state index in [0.717, 1.165) is 29.8 Å². The number of pyridine rings is 1. The van der Waals surface area contributed by atoms with Gasteiger partial charge in [-0.05, 0) is 30.5 Å². The molecular formula is C13H14BrN3. The maximum absolute atomic E-state index is 4.46. The van der Waals surface area contributed by atoms with Gasteiger partial charge in [-0.25, -0.2) is 4.98 Å². The van der Waals surface area contributed by atoms with E-state index >= 15 is 0 Å². The average molecular weight is 292 g/mol. The van der Waals surface area contributed by atoms with E-state index in [1.54, 1.807) is 0 Å². The lowest BCUT2D eigenvalue weighted by Gasteiger charge is -2.14. The average Bonchev–Trinajstić information content (AvgIpc) is 2.82. The van der Waals surface area contributed by atoms with Gasteiger partial charge in [0.25, 0.3) is 0 Å². The molecule has 1 fully saturated rings. The highest BCUT2D eigenvalue weighted by atomic mass is 79.9. The summed E-state index contributed by atoms with van der Waals surface area (Å²) in [6.07, 6.45) is 3.02. The van der Waals surface area contributed by atoms with Crippen molar-refractivity contribution in [3.8, 4) is 0 Å². The van der Waals surface area contributed by atoms with Crippen LogP contribution in [0.1, 0.15) is 6.42 Å². The number of anilines is 1. The summed E-state index contributed by atoms with van der Waals surface area (Å²) in [6, 6.07) is 8.74. The van der Waals surface area contributed by atoms with Gasteiger partial charge in [0.1, 0.15) is 5.82 Å². The Morgan fingerprint density at radius 3 is 3.12 bits per heavy atom. The smallest absolute Gasteiger partial charge is 0.135 e. The van der Waals surface area contributed by atoms with E-state index in [0.29, 0.717) is 6.04 Å². The minimum Gasteiger partial charge on any atom is -0.365 e. The molecule has 2 N–H and O–H groups in total. The Morgan fingerprint density at radius 1 is 1.35 bits per heavy atom. The molecule has 3 rings (SSSR count). The van der Waals surface area contributed by atoms with Crippen LogP contribution in [0.3, 0.4) is 0 Å². The van der Waals surface area contributed by atoms with Gasteiger partial charge in [-0.3, -0.25) is 0 Å². The third kappa shape index (κ3) is 2.15. The lowest BCUT2D eigenvalue weighted by molar-refractivity contribution is 0.789. The lowest BCUT2D eigenvalue weighted by atomic mass is 10.1. The molecule has 0 bridgehead atoms. The summed E-state index contributed by atoms with van der Waals surface area (Å²) in [4.78, 5) is 4.46. The molecule has 88 valence electrons. The van der Waals surface area contributed by atoms with E-state index in [-0.39, 0.29) is 0 Å². The van der Waals surface area contributed by atoms with Crippen LogP contribution in [0.25, 0.3) is 10.8 Å². The molecule has 0 aliphatic carbocycles. The molecule has 2 heterocycles. The van der Waals surface area contributed by atoms with E-state index < -0.39 is 0 Å². The molecule has 0 saturated carbocycles. The van der Waals surface area contributed by atoms with Gasteiger partial charge in [-0.1, -0.05) is 28.1 Å². The third-order valence-corrected chi connectivity index (χ3v) is 3.80. The van der Waals surface area contributed by atoms with Crippen LogP contribution in [-0.4, -0.2) is 24.1 Å². The molecule has 0 radical (unpaired) electrons. The fraction of sp³-hybridized carbons (Fsp3) is 0.308. The topological polar surface area (TPSA) is 37.0 Å². The van der Waals surface area contributed by atoms with Gasteiger partial charge in [0, 0.05) is 28.6 Å². The van der Waals surface area contributed by atoms with Crippen molar-refractivity contribution in [2.75, 3.05) is 18.4 Å². The van der Waals surface area contributed by atoms with Gasteiger partial charge in [0.05, 0.1) is 0 Å². The van der Waals surface area contributed by atoms with E-state index in [1.165, 1.54) is 10.8 Å². The Morgan fingerprint density at radius 2 is 2.29 bits per heavy atom. The van der Waals surface area contributed by atoms with Gasteiger partial charge in [-0.2, -0.15) is 0 Å². The SMILES string of the molecule is Brc1cccc2ccnc(NC3CCNC3)c12. The van der Waals surface area contributed by atoms with E-state index in [4.69, 9.17) is 0 Å². The summed E-state index contributed by atoms with van der Waals surface area (Å²) < 4.78 is 1.09. The fourth-order valence-electron chi connectivity index (χ4n) is 2.27. The van der Waals surface area contributed by atoms with Crippen LogP contribution in [0, 0.1) is 0 Å². The van der Waals surface area contributed by atoms with Crippen molar-refractivity contribution < 1.29 is 0 Å². The normalized spacial score (nSPS) is 19.7. The molecule has 1 aromatic carbocycles. The predicted molar refractivity (Wildman–Crippen MR) is 74.3 cm³/mol. The maximum Gasteiger partial charge on any atom is 0.135 e. The second kappa shape index (κ2) is 4.63. The first kappa shape index (κ1) is 11.0. The summed E-state index contributed by atoms with van der Waals surface area (Å²) in [5.41, 5.74) is 0. The molecule has 1 atom stereocenters. The van der Waals surface area contributed by atoms with E-state index in [1.807, 2.05) is 18.3 Å². The molecule has 3 nitrogen and oxygen atoms in total. The Labute approximate surface area is 109 Å². The van der Waals surface area contributed by atoms with Crippen molar-refractivity contribution in [1.29, 1.82) is 0 Å². The van der Waals surface area contributed by atoms with Crippen molar-refractivity contribution in [3.05, 3.63) is 34.9 Å². The minimum absolute atomic E-state index is 0.486. The molecular weight excluding hydrogens is 278 g/mol.